The Balaban J connectivity index is 2.32. The maximum atomic E-state index is 12.2. The van der Waals surface area contributed by atoms with Crippen LogP contribution in [0.2, 0.25) is 0 Å². The van der Waals surface area contributed by atoms with Gasteiger partial charge in [0.1, 0.15) is 0 Å². The smallest absolute Gasteiger partial charge is 0.239 e. The van der Waals surface area contributed by atoms with Crippen molar-refractivity contribution in [3.8, 4) is 0 Å². The minimum atomic E-state index is -0.0621. The molecule has 1 aliphatic rings. The third kappa shape index (κ3) is 4.90. The van der Waals surface area contributed by atoms with Crippen LogP contribution in [0.1, 0.15) is 46.0 Å². The summed E-state index contributed by atoms with van der Waals surface area (Å²) >= 11 is 0. The second-order valence-corrected chi connectivity index (χ2v) is 5.04. The van der Waals surface area contributed by atoms with Gasteiger partial charge in [-0.15, -0.1) is 6.58 Å². The predicted octanol–water partition coefficient (Wildman–Crippen LogP) is 2.33. The molecule has 0 saturated carbocycles. The maximum absolute atomic E-state index is 12.2. The molecular formula is C14H26N2O. The summed E-state index contributed by atoms with van der Waals surface area (Å²) in [5.41, 5.74) is 0. The van der Waals surface area contributed by atoms with Crippen LogP contribution in [0, 0.1) is 0 Å². The highest BCUT2D eigenvalue weighted by Gasteiger charge is 2.22. The minimum Gasteiger partial charge on any atom is -0.341 e. The van der Waals surface area contributed by atoms with Gasteiger partial charge in [0, 0.05) is 19.1 Å². The molecule has 17 heavy (non-hydrogen) atoms. The molecule has 1 fully saturated rings. The van der Waals surface area contributed by atoms with Crippen molar-refractivity contribution in [1.29, 1.82) is 0 Å². The van der Waals surface area contributed by atoms with E-state index >= 15 is 0 Å². The van der Waals surface area contributed by atoms with E-state index in [1.165, 1.54) is 6.42 Å². The van der Waals surface area contributed by atoms with E-state index in [4.69, 9.17) is 0 Å². The lowest BCUT2D eigenvalue weighted by molar-refractivity contribution is -0.134. The first-order valence-corrected chi connectivity index (χ1v) is 6.81. The quantitative estimate of drug-likeness (QED) is 0.720. The summed E-state index contributed by atoms with van der Waals surface area (Å²) in [5.74, 6) is 0.259. The molecule has 98 valence electrons. The fourth-order valence-electron chi connectivity index (χ4n) is 2.34. The molecule has 1 amide bonds. The number of piperidine rings is 1. The van der Waals surface area contributed by atoms with Crippen LogP contribution in [0.4, 0.5) is 0 Å². The summed E-state index contributed by atoms with van der Waals surface area (Å²) in [6.45, 7) is 9.69. The molecule has 1 heterocycles. The number of likely N-dealkylation sites (tertiary alicyclic amines) is 1. The van der Waals surface area contributed by atoms with Gasteiger partial charge in [-0.25, -0.2) is 0 Å². The lowest BCUT2D eigenvalue weighted by Gasteiger charge is -2.30. The third-order valence-corrected chi connectivity index (χ3v) is 3.38. The summed E-state index contributed by atoms with van der Waals surface area (Å²) in [4.78, 5) is 14.2. The molecule has 3 heteroatoms. The van der Waals surface area contributed by atoms with Crippen LogP contribution >= 0.6 is 0 Å². The Kier molecular flexibility index (Phi) is 6.27. The molecule has 0 aromatic carbocycles. The van der Waals surface area contributed by atoms with Crippen LogP contribution < -0.4 is 5.32 Å². The molecule has 0 radical (unpaired) electrons. The summed E-state index contributed by atoms with van der Waals surface area (Å²) in [5, 5.41) is 3.37. The number of hydrogen-bond acceptors (Lipinski definition) is 2. The largest absolute Gasteiger partial charge is 0.341 e. The van der Waals surface area contributed by atoms with E-state index in [1.54, 1.807) is 0 Å². The Morgan fingerprint density at radius 2 is 2.00 bits per heavy atom. The van der Waals surface area contributed by atoms with Gasteiger partial charge in [-0.2, -0.15) is 0 Å². The topological polar surface area (TPSA) is 32.3 Å². The van der Waals surface area contributed by atoms with E-state index in [0.29, 0.717) is 6.04 Å². The third-order valence-electron chi connectivity index (χ3n) is 3.38. The molecule has 1 saturated heterocycles. The highest BCUT2D eigenvalue weighted by Crippen LogP contribution is 2.10. The van der Waals surface area contributed by atoms with Gasteiger partial charge in [-0.1, -0.05) is 6.08 Å². The summed E-state index contributed by atoms with van der Waals surface area (Å²) in [6.07, 6.45) is 7.55. The number of nitrogens with zero attached hydrogens (tertiary/aromatic N) is 1. The van der Waals surface area contributed by atoms with Crippen molar-refractivity contribution in [1.82, 2.24) is 10.2 Å². The molecule has 0 aromatic rings. The van der Waals surface area contributed by atoms with Crippen molar-refractivity contribution in [2.24, 2.45) is 0 Å². The molecule has 0 aliphatic carbocycles. The van der Waals surface area contributed by atoms with Crippen molar-refractivity contribution in [2.75, 3.05) is 13.1 Å². The van der Waals surface area contributed by atoms with Crippen molar-refractivity contribution < 1.29 is 4.79 Å². The highest BCUT2D eigenvalue weighted by atomic mass is 16.2. The first-order valence-electron chi connectivity index (χ1n) is 6.81. The Labute approximate surface area is 105 Å². The van der Waals surface area contributed by atoms with Crippen LogP contribution in [0.15, 0.2) is 12.7 Å². The number of carbonyl (C=O) groups excluding carboxylic acids is 1. The Bertz CT molecular complexity index is 247. The molecule has 0 aromatic heterocycles. The van der Waals surface area contributed by atoms with Crippen LogP contribution in [0.3, 0.4) is 0 Å². The monoisotopic (exact) mass is 238 g/mol. The predicted molar refractivity (Wildman–Crippen MR) is 71.9 cm³/mol. The SMILES string of the molecule is C=CCC[C@@H](C)N[C@@H](C)C(=O)N1CCCCC1. The number of allylic oxidation sites excluding steroid dienone is 1. The number of nitrogens with one attached hydrogen (secondary N) is 1. The van der Waals surface area contributed by atoms with Gasteiger partial charge >= 0.3 is 0 Å². The van der Waals surface area contributed by atoms with Gasteiger partial charge in [0.05, 0.1) is 6.04 Å². The van der Waals surface area contributed by atoms with Crippen LogP contribution in [-0.4, -0.2) is 36.0 Å². The lowest BCUT2D eigenvalue weighted by Crippen LogP contribution is -2.49. The summed E-state index contributed by atoms with van der Waals surface area (Å²) in [6, 6.07) is 0.310. The van der Waals surface area contributed by atoms with Gasteiger partial charge in [0.2, 0.25) is 5.91 Å². The molecule has 3 nitrogen and oxygen atoms in total. The second kappa shape index (κ2) is 7.49. The number of amides is 1. The molecule has 0 bridgehead atoms. The van der Waals surface area contributed by atoms with Gasteiger partial charge in [-0.3, -0.25) is 4.79 Å². The highest BCUT2D eigenvalue weighted by molar-refractivity contribution is 5.81. The van der Waals surface area contributed by atoms with Crippen LogP contribution in [0.5, 0.6) is 0 Å². The molecule has 0 spiro atoms. The molecule has 0 unspecified atom stereocenters. The number of carbonyl (C=O) groups is 1. The first kappa shape index (κ1) is 14.2. The number of rotatable bonds is 6. The van der Waals surface area contributed by atoms with Crippen LogP contribution in [0.25, 0.3) is 0 Å². The fourth-order valence-corrected chi connectivity index (χ4v) is 2.34. The zero-order valence-electron chi connectivity index (χ0n) is 11.2. The average Bonchev–Trinajstić information content (AvgIpc) is 2.36. The Morgan fingerprint density at radius 1 is 1.35 bits per heavy atom. The summed E-state index contributed by atoms with van der Waals surface area (Å²) < 4.78 is 0. The average molecular weight is 238 g/mol. The van der Waals surface area contributed by atoms with Gasteiger partial charge in [0.15, 0.2) is 0 Å². The standard InChI is InChI=1S/C14H26N2O/c1-4-5-9-12(2)15-13(3)14(17)16-10-7-6-8-11-16/h4,12-13,15H,1,5-11H2,2-3H3/t12-,13+/m1/s1. The van der Waals surface area contributed by atoms with Crippen molar-refractivity contribution in [3.05, 3.63) is 12.7 Å². The van der Waals surface area contributed by atoms with Gasteiger partial charge < -0.3 is 10.2 Å². The van der Waals surface area contributed by atoms with Crippen molar-refractivity contribution in [3.63, 3.8) is 0 Å². The minimum absolute atomic E-state index is 0.0621. The summed E-state index contributed by atoms with van der Waals surface area (Å²) in [7, 11) is 0. The molecule has 1 N–H and O–H groups in total. The Hall–Kier alpha value is -0.830. The van der Waals surface area contributed by atoms with E-state index in [0.717, 1.165) is 38.8 Å². The van der Waals surface area contributed by atoms with Gasteiger partial charge in [0.25, 0.3) is 0 Å². The zero-order valence-corrected chi connectivity index (χ0v) is 11.2. The van der Waals surface area contributed by atoms with E-state index < -0.39 is 0 Å². The lowest BCUT2D eigenvalue weighted by atomic mass is 10.1. The molecule has 2 atom stereocenters. The van der Waals surface area contributed by atoms with Gasteiger partial charge in [-0.05, 0) is 46.0 Å². The van der Waals surface area contributed by atoms with E-state index in [-0.39, 0.29) is 11.9 Å². The van der Waals surface area contributed by atoms with Crippen molar-refractivity contribution >= 4 is 5.91 Å². The normalized spacial score (nSPS) is 19.8. The molecular weight excluding hydrogens is 212 g/mol. The first-order chi connectivity index (χ1) is 8.15. The molecule has 1 rings (SSSR count). The maximum Gasteiger partial charge on any atom is 0.239 e. The van der Waals surface area contributed by atoms with E-state index in [9.17, 15) is 4.79 Å². The zero-order chi connectivity index (χ0) is 12.7. The van der Waals surface area contributed by atoms with E-state index in [2.05, 4.69) is 18.8 Å². The Morgan fingerprint density at radius 3 is 2.59 bits per heavy atom. The van der Waals surface area contributed by atoms with Crippen molar-refractivity contribution in [2.45, 2.75) is 58.0 Å². The van der Waals surface area contributed by atoms with E-state index in [1.807, 2.05) is 17.9 Å². The molecule has 1 aliphatic heterocycles. The fraction of sp³-hybridized carbons (Fsp3) is 0.786. The second-order valence-electron chi connectivity index (χ2n) is 5.04. The van der Waals surface area contributed by atoms with Crippen LogP contribution in [-0.2, 0) is 4.79 Å². The number of hydrogen-bond donors (Lipinski definition) is 1.